The minimum absolute atomic E-state index is 0.721. The first-order valence-corrected chi connectivity index (χ1v) is 6.44. The predicted molar refractivity (Wildman–Crippen MR) is 70.4 cm³/mol. The highest BCUT2D eigenvalue weighted by molar-refractivity contribution is 5.15. The average Bonchev–Trinajstić information content (AvgIpc) is 2.86. The lowest BCUT2D eigenvalue weighted by molar-refractivity contribution is 0.444. The van der Waals surface area contributed by atoms with E-state index in [1.54, 1.807) is 0 Å². The third kappa shape index (κ3) is 3.96. The van der Waals surface area contributed by atoms with Gasteiger partial charge in [0.25, 0.3) is 0 Å². The van der Waals surface area contributed by atoms with E-state index in [0.29, 0.717) is 0 Å². The van der Waals surface area contributed by atoms with Crippen LogP contribution in [0.25, 0.3) is 0 Å². The van der Waals surface area contributed by atoms with Crippen molar-refractivity contribution in [3.63, 3.8) is 0 Å². The molecule has 4 heteroatoms. The normalized spacial score (nSPS) is 10.7. The first-order chi connectivity index (χ1) is 8.88. The lowest BCUT2D eigenvalue weighted by Gasteiger charge is -1.97. The Morgan fingerprint density at radius 2 is 1.72 bits per heavy atom. The van der Waals surface area contributed by atoms with Crippen molar-refractivity contribution in [2.75, 3.05) is 13.1 Å². The zero-order valence-corrected chi connectivity index (χ0v) is 10.7. The summed E-state index contributed by atoms with van der Waals surface area (Å²) < 4.78 is 5.59. The number of aryl methyl sites for hydroxylation is 2. The Balaban J connectivity index is 1.80. The van der Waals surface area contributed by atoms with Gasteiger partial charge in [0.2, 0.25) is 11.8 Å². The lowest BCUT2D eigenvalue weighted by atomic mass is 10.1. The SMILES string of the molecule is CCNCCc1nnc(CCc2ccccc2)o1. The molecule has 2 aromatic rings. The van der Waals surface area contributed by atoms with Crippen LogP contribution in [0.5, 0.6) is 0 Å². The molecule has 0 radical (unpaired) electrons. The van der Waals surface area contributed by atoms with E-state index in [1.165, 1.54) is 5.56 Å². The van der Waals surface area contributed by atoms with Gasteiger partial charge in [0.15, 0.2) is 0 Å². The molecule has 1 N–H and O–H groups in total. The summed E-state index contributed by atoms with van der Waals surface area (Å²) in [6.07, 6.45) is 2.54. The Hall–Kier alpha value is -1.68. The average molecular weight is 245 g/mol. The highest BCUT2D eigenvalue weighted by Crippen LogP contribution is 2.06. The molecule has 0 fully saturated rings. The van der Waals surface area contributed by atoms with E-state index < -0.39 is 0 Å². The molecule has 0 aliphatic heterocycles. The van der Waals surface area contributed by atoms with Crippen LogP contribution in [0.3, 0.4) is 0 Å². The van der Waals surface area contributed by atoms with Gasteiger partial charge in [0.1, 0.15) is 0 Å². The van der Waals surface area contributed by atoms with E-state index in [9.17, 15) is 0 Å². The van der Waals surface area contributed by atoms with E-state index in [-0.39, 0.29) is 0 Å². The van der Waals surface area contributed by atoms with Crippen LogP contribution in [0.15, 0.2) is 34.7 Å². The fraction of sp³-hybridized carbons (Fsp3) is 0.429. The van der Waals surface area contributed by atoms with Gasteiger partial charge in [-0.3, -0.25) is 0 Å². The summed E-state index contributed by atoms with van der Waals surface area (Å²) in [6, 6.07) is 10.3. The van der Waals surface area contributed by atoms with Crippen molar-refractivity contribution < 1.29 is 4.42 Å². The number of aromatic nitrogens is 2. The monoisotopic (exact) mass is 245 g/mol. The molecule has 0 bridgehead atoms. The number of nitrogens with one attached hydrogen (secondary N) is 1. The van der Waals surface area contributed by atoms with Gasteiger partial charge in [0.05, 0.1) is 0 Å². The van der Waals surface area contributed by atoms with Crippen LogP contribution in [0, 0.1) is 0 Å². The van der Waals surface area contributed by atoms with Crippen LogP contribution >= 0.6 is 0 Å². The third-order valence-corrected chi connectivity index (χ3v) is 2.74. The molecule has 0 saturated heterocycles. The summed E-state index contributed by atoms with van der Waals surface area (Å²) >= 11 is 0. The van der Waals surface area contributed by atoms with Gasteiger partial charge in [-0.05, 0) is 18.5 Å². The molecule has 1 heterocycles. The van der Waals surface area contributed by atoms with Crippen LogP contribution < -0.4 is 5.32 Å². The summed E-state index contributed by atoms with van der Waals surface area (Å²) in [5.74, 6) is 1.45. The number of nitrogens with zero attached hydrogens (tertiary/aromatic N) is 2. The molecular weight excluding hydrogens is 226 g/mol. The van der Waals surface area contributed by atoms with Gasteiger partial charge in [-0.15, -0.1) is 10.2 Å². The minimum atomic E-state index is 0.721. The molecule has 0 aliphatic carbocycles. The molecule has 0 unspecified atom stereocenters. The second kappa shape index (κ2) is 6.91. The van der Waals surface area contributed by atoms with E-state index in [0.717, 1.165) is 44.1 Å². The van der Waals surface area contributed by atoms with Crippen LogP contribution in [0.4, 0.5) is 0 Å². The van der Waals surface area contributed by atoms with Crippen LogP contribution in [0.1, 0.15) is 24.3 Å². The van der Waals surface area contributed by atoms with E-state index in [4.69, 9.17) is 4.42 Å². The van der Waals surface area contributed by atoms with Crippen molar-refractivity contribution in [2.24, 2.45) is 0 Å². The fourth-order valence-electron chi connectivity index (χ4n) is 1.76. The second-order valence-corrected chi connectivity index (χ2v) is 4.18. The third-order valence-electron chi connectivity index (χ3n) is 2.74. The molecule has 0 aliphatic rings. The summed E-state index contributed by atoms with van der Waals surface area (Å²) in [5.41, 5.74) is 1.30. The minimum Gasteiger partial charge on any atom is -0.425 e. The number of likely N-dealkylation sites (N-methyl/N-ethyl adjacent to an activating group) is 1. The number of benzene rings is 1. The zero-order valence-electron chi connectivity index (χ0n) is 10.7. The van der Waals surface area contributed by atoms with E-state index in [2.05, 4.69) is 34.6 Å². The molecule has 1 aromatic carbocycles. The predicted octanol–water partition coefficient (Wildman–Crippen LogP) is 2.01. The van der Waals surface area contributed by atoms with Gasteiger partial charge in [0, 0.05) is 19.4 Å². The van der Waals surface area contributed by atoms with Crippen molar-refractivity contribution in [1.29, 1.82) is 0 Å². The molecule has 0 amide bonds. The standard InChI is InChI=1S/C14H19N3O/c1-2-15-11-10-14-17-16-13(18-14)9-8-12-6-4-3-5-7-12/h3-7,15H,2,8-11H2,1H3. The molecule has 96 valence electrons. The number of hydrogen-bond acceptors (Lipinski definition) is 4. The molecule has 4 nitrogen and oxygen atoms in total. The van der Waals surface area contributed by atoms with Gasteiger partial charge in [-0.2, -0.15) is 0 Å². The van der Waals surface area contributed by atoms with E-state index >= 15 is 0 Å². The largest absolute Gasteiger partial charge is 0.425 e. The van der Waals surface area contributed by atoms with Crippen molar-refractivity contribution in [3.8, 4) is 0 Å². The van der Waals surface area contributed by atoms with Gasteiger partial charge >= 0.3 is 0 Å². The van der Waals surface area contributed by atoms with Crippen LogP contribution in [-0.2, 0) is 19.3 Å². The van der Waals surface area contributed by atoms with Crippen LogP contribution in [-0.4, -0.2) is 23.3 Å². The first-order valence-electron chi connectivity index (χ1n) is 6.44. The number of rotatable bonds is 7. The quantitative estimate of drug-likeness (QED) is 0.758. The maximum Gasteiger partial charge on any atom is 0.217 e. The molecule has 0 saturated carbocycles. The molecule has 0 spiro atoms. The van der Waals surface area contributed by atoms with E-state index in [1.807, 2.05) is 18.2 Å². The lowest BCUT2D eigenvalue weighted by Crippen LogP contribution is -2.16. The topological polar surface area (TPSA) is 51.0 Å². The summed E-state index contributed by atoms with van der Waals surface area (Å²) in [5, 5.41) is 11.3. The zero-order chi connectivity index (χ0) is 12.6. The van der Waals surface area contributed by atoms with Gasteiger partial charge in [-0.25, -0.2) is 0 Å². The Labute approximate surface area is 107 Å². The summed E-state index contributed by atoms with van der Waals surface area (Å²) in [6.45, 7) is 3.94. The fourth-order valence-corrected chi connectivity index (χ4v) is 1.76. The Morgan fingerprint density at radius 1 is 1.00 bits per heavy atom. The molecule has 1 aromatic heterocycles. The molecule has 18 heavy (non-hydrogen) atoms. The van der Waals surface area contributed by atoms with Crippen LogP contribution in [0.2, 0.25) is 0 Å². The Bertz CT molecular complexity index is 453. The maximum atomic E-state index is 5.59. The first kappa shape index (κ1) is 12.8. The number of hydrogen-bond donors (Lipinski definition) is 1. The van der Waals surface area contributed by atoms with Crippen molar-refractivity contribution in [1.82, 2.24) is 15.5 Å². The Kier molecular flexibility index (Phi) is 4.90. The molecular formula is C14H19N3O. The van der Waals surface area contributed by atoms with Gasteiger partial charge < -0.3 is 9.73 Å². The highest BCUT2D eigenvalue weighted by atomic mass is 16.4. The molecule has 0 atom stereocenters. The second-order valence-electron chi connectivity index (χ2n) is 4.18. The van der Waals surface area contributed by atoms with Crippen molar-refractivity contribution >= 4 is 0 Å². The summed E-state index contributed by atoms with van der Waals surface area (Å²) in [7, 11) is 0. The van der Waals surface area contributed by atoms with Crippen molar-refractivity contribution in [2.45, 2.75) is 26.2 Å². The highest BCUT2D eigenvalue weighted by Gasteiger charge is 2.05. The summed E-state index contributed by atoms with van der Waals surface area (Å²) in [4.78, 5) is 0. The molecule has 2 rings (SSSR count). The smallest absolute Gasteiger partial charge is 0.217 e. The maximum absolute atomic E-state index is 5.59. The Morgan fingerprint density at radius 3 is 2.44 bits per heavy atom. The van der Waals surface area contributed by atoms with Gasteiger partial charge in [-0.1, -0.05) is 37.3 Å². The van der Waals surface area contributed by atoms with Crippen molar-refractivity contribution in [3.05, 3.63) is 47.7 Å².